The monoisotopic (exact) mass is 240 g/mol. The standard InChI is InChI=1S/C9H12N4O4/c14-7(8(15)16)1-2-12-9(17)13-6-3-10-5-11-4-6/h3-5,7,14H,1-2H2,(H,15,16)(H2,12,13,17)/t7-/m0/s1. The van der Waals surface area contributed by atoms with E-state index in [2.05, 4.69) is 20.6 Å². The molecule has 0 saturated carbocycles. The predicted octanol–water partition coefficient (Wildman–Crippen LogP) is -0.566. The first-order valence-corrected chi connectivity index (χ1v) is 4.80. The Morgan fingerprint density at radius 2 is 2.00 bits per heavy atom. The maximum atomic E-state index is 11.3. The molecule has 1 aromatic heterocycles. The lowest BCUT2D eigenvalue weighted by atomic mass is 10.2. The van der Waals surface area contributed by atoms with E-state index in [-0.39, 0.29) is 13.0 Å². The number of carbonyl (C=O) groups excluding carboxylic acids is 1. The van der Waals surface area contributed by atoms with Crippen LogP contribution in [0.25, 0.3) is 0 Å². The number of carboxylic acid groups (broad SMARTS) is 1. The van der Waals surface area contributed by atoms with Crippen molar-refractivity contribution in [3.63, 3.8) is 0 Å². The zero-order chi connectivity index (χ0) is 12.7. The van der Waals surface area contributed by atoms with E-state index in [1.54, 1.807) is 0 Å². The molecule has 0 spiro atoms. The first-order chi connectivity index (χ1) is 8.09. The Morgan fingerprint density at radius 3 is 2.59 bits per heavy atom. The minimum atomic E-state index is -1.48. The molecular formula is C9H12N4O4. The number of hydrogen-bond acceptors (Lipinski definition) is 5. The number of hydrogen-bond donors (Lipinski definition) is 4. The molecule has 92 valence electrons. The molecule has 1 atom stereocenters. The summed E-state index contributed by atoms with van der Waals surface area (Å²) in [6.45, 7) is 0.0486. The summed E-state index contributed by atoms with van der Waals surface area (Å²) in [7, 11) is 0. The van der Waals surface area contributed by atoms with Gasteiger partial charge in [0.1, 0.15) is 6.33 Å². The van der Waals surface area contributed by atoms with Gasteiger partial charge < -0.3 is 20.8 Å². The van der Waals surface area contributed by atoms with Crippen LogP contribution in [0.15, 0.2) is 18.7 Å². The molecule has 0 radical (unpaired) electrons. The van der Waals surface area contributed by atoms with Crippen LogP contribution in [0.5, 0.6) is 0 Å². The van der Waals surface area contributed by atoms with Crippen LogP contribution in [0.4, 0.5) is 10.5 Å². The van der Waals surface area contributed by atoms with Gasteiger partial charge in [-0.2, -0.15) is 0 Å². The predicted molar refractivity (Wildman–Crippen MR) is 57.3 cm³/mol. The minimum absolute atomic E-state index is 0.0486. The summed E-state index contributed by atoms with van der Waals surface area (Å²) in [5, 5.41) is 22.2. The summed E-state index contributed by atoms with van der Waals surface area (Å²) in [5.41, 5.74) is 0.420. The highest BCUT2D eigenvalue weighted by Gasteiger charge is 2.12. The van der Waals surface area contributed by atoms with E-state index in [0.717, 1.165) is 0 Å². The van der Waals surface area contributed by atoms with Crippen LogP contribution in [0.3, 0.4) is 0 Å². The van der Waals surface area contributed by atoms with Crippen molar-refractivity contribution < 1.29 is 19.8 Å². The van der Waals surface area contributed by atoms with Crippen LogP contribution < -0.4 is 10.6 Å². The van der Waals surface area contributed by atoms with Gasteiger partial charge in [-0.25, -0.2) is 19.6 Å². The fourth-order valence-corrected chi connectivity index (χ4v) is 0.985. The number of urea groups is 1. The molecule has 0 unspecified atom stereocenters. The van der Waals surface area contributed by atoms with Gasteiger partial charge in [-0.15, -0.1) is 0 Å². The summed E-state index contributed by atoms with van der Waals surface area (Å²) in [4.78, 5) is 28.9. The first kappa shape index (κ1) is 12.8. The van der Waals surface area contributed by atoms with E-state index in [1.165, 1.54) is 18.7 Å². The summed E-state index contributed by atoms with van der Waals surface area (Å²) in [5.74, 6) is -1.32. The van der Waals surface area contributed by atoms with Crippen molar-refractivity contribution in [3.8, 4) is 0 Å². The highest BCUT2D eigenvalue weighted by molar-refractivity contribution is 5.88. The number of aliphatic carboxylic acids is 1. The number of aromatic nitrogens is 2. The van der Waals surface area contributed by atoms with Crippen molar-refractivity contribution in [2.45, 2.75) is 12.5 Å². The van der Waals surface area contributed by atoms with Crippen LogP contribution in [0.2, 0.25) is 0 Å². The first-order valence-electron chi connectivity index (χ1n) is 4.80. The summed E-state index contributed by atoms with van der Waals surface area (Å²) >= 11 is 0. The van der Waals surface area contributed by atoms with Crippen molar-refractivity contribution in [2.24, 2.45) is 0 Å². The second-order valence-electron chi connectivity index (χ2n) is 3.15. The number of carboxylic acids is 1. The second kappa shape index (κ2) is 6.38. The number of rotatable bonds is 5. The molecule has 0 bridgehead atoms. The molecule has 0 aliphatic heterocycles. The van der Waals surface area contributed by atoms with E-state index in [9.17, 15) is 9.59 Å². The zero-order valence-electron chi connectivity index (χ0n) is 8.83. The molecule has 0 saturated heterocycles. The SMILES string of the molecule is O=C(NCC[C@H](O)C(=O)O)Nc1cncnc1. The Balaban J connectivity index is 2.25. The highest BCUT2D eigenvalue weighted by atomic mass is 16.4. The Bertz CT molecular complexity index is 384. The van der Waals surface area contributed by atoms with Gasteiger partial charge in [-0.1, -0.05) is 0 Å². The minimum Gasteiger partial charge on any atom is -0.479 e. The quantitative estimate of drug-likeness (QED) is 0.546. The maximum Gasteiger partial charge on any atom is 0.332 e. The number of aliphatic hydroxyl groups excluding tert-OH is 1. The fourth-order valence-electron chi connectivity index (χ4n) is 0.985. The van der Waals surface area contributed by atoms with E-state index in [1.807, 2.05) is 0 Å². The van der Waals surface area contributed by atoms with Crippen LogP contribution in [-0.2, 0) is 4.79 Å². The van der Waals surface area contributed by atoms with Gasteiger partial charge in [0.2, 0.25) is 0 Å². The molecule has 17 heavy (non-hydrogen) atoms. The summed E-state index contributed by atoms with van der Waals surface area (Å²) in [6, 6.07) is -0.516. The van der Waals surface area contributed by atoms with Crippen molar-refractivity contribution in [3.05, 3.63) is 18.7 Å². The van der Waals surface area contributed by atoms with Crippen molar-refractivity contribution in [1.29, 1.82) is 0 Å². The number of anilines is 1. The van der Waals surface area contributed by atoms with Gasteiger partial charge in [0.15, 0.2) is 6.10 Å². The average Bonchev–Trinajstić information content (AvgIpc) is 2.30. The molecule has 0 aromatic carbocycles. The van der Waals surface area contributed by atoms with Crippen LogP contribution in [0, 0.1) is 0 Å². The molecule has 0 fully saturated rings. The lowest BCUT2D eigenvalue weighted by Gasteiger charge is -2.08. The lowest BCUT2D eigenvalue weighted by molar-refractivity contribution is -0.146. The smallest absolute Gasteiger partial charge is 0.332 e. The Morgan fingerprint density at radius 1 is 1.35 bits per heavy atom. The van der Waals surface area contributed by atoms with E-state index < -0.39 is 18.1 Å². The van der Waals surface area contributed by atoms with E-state index >= 15 is 0 Å². The topological polar surface area (TPSA) is 124 Å². The fraction of sp³-hybridized carbons (Fsp3) is 0.333. The number of nitrogens with zero attached hydrogens (tertiary/aromatic N) is 2. The Kier molecular flexibility index (Phi) is 4.82. The number of aliphatic hydroxyl groups is 1. The molecule has 1 aromatic rings. The molecule has 1 rings (SSSR count). The summed E-state index contributed by atoms with van der Waals surface area (Å²) < 4.78 is 0. The molecule has 0 aliphatic carbocycles. The normalized spacial score (nSPS) is 11.6. The molecule has 1 heterocycles. The molecule has 8 heteroatoms. The highest BCUT2D eigenvalue weighted by Crippen LogP contribution is 1.99. The number of carbonyl (C=O) groups is 2. The molecule has 0 aliphatic rings. The third-order valence-electron chi connectivity index (χ3n) is 1.81. The second-order valence-corrected chi connectivity index (χ2v) is 3.15. The molecule has 2 amide bonds. The number of amides is 2. The Labute approximate surface area is 96.7 Å². The van der Waals surface area contributed by atoms with Crippen molar-refractivity contribution in [2.75, 3.05) is 11.9 Å². The van der Waals surface area contributed by atoms with Gasteiger partial charge >= 0.3 is 12.0 Å². The van der Waals surface area contributed by atoms with E-state index in [0.29, 0.717) is 5.69 Å². The lowest BCUT2D eigenvalue weighted by Crippen LogP contribution is -2.33. The van der Waals surface area contributed by atoms with Crippen molar-refractivity contribution >= 4 is 17.7 Å². The Hall–Kier alpha value is -2.22. The van der Waals surface area contributed by atoms with Crippen LogP contribution in [-0.4, -0.2) is 44.8 Å². The molecule has 8 nitrogen and oxygen atoms in total. The van der Waals surface area contributed by atoms with E-state index in [4.69, 9.17) is 10.2 Å². The third kappa shape index (κ3) is 4.89. The van der Waals surface area contributed by atoms with Crippen LogP contribution in [0.1, 0.15) is 6.42 Å². The third-order valence-corrected chi connectivity index (χ3v) is 1.81. The van der Waals surface area contributed by atoms with Gasteiger partial charge in [0.05, 0.1) is 18.1 Å². The van der Waals surface area contributed by atoms with Gasteiger partial charge in [0.25, 0.3) is 0 Å². The number of nitrogens with one attached hydrogen (secondary N) is 2. The van der Waals surface area contributed by atoms with Gasteiger partial charge in [-0.3, -0.25) is 0 Å². The van der Waals surface area contributed by atoms with Crippen LogP contribution >= 0.6 is 0 Å². The van der Waals surface area contributed by atoms with Gasteiger partial charge in [-0.05, 0) is 0 Å². The largest absolute Gasteiger partial charge is 0.479 e. The summed E-state index contributed by atoms with van der Waals surface area (Å²) in [6.07, 6.45) is 2.62. The van der Waals surface area contributed by atoms with Gasteiger partial charge in [0, 0.05) is 13.0 Å². The molecular weight excluding hydrogens is 228 g/mol. The maximum absolute atomic E-state index is 11.3. The van der Waals surface area contributed by atoms with Crippen molar-refractivity contribution in [1.82, 2.24) is 15.3 Å². The average molecular weight is 240 g/mol. The zero-order valence-corrected chi connectivity index (χ0v) is 8.83. The molecule has 4 N–H and O–H groups in total.